The maximum absolute atomic E-state index is 12.7. The van der Waals surface area contributed by atoms with Gasteiger partial charge in [-0.1, -0.05) is 18.2 Å². The molecule has 2 heterocycles. The Balaban J connectivity index is 1.80. The van der Waals surface area contributed by atoms with Crippen molar-refractivity contribution < 1.29 is 19.4 Å². The molecule has 0 spiro atoms. The summed E-state index contributed by atoms with van der Waals surface area (Å²) in [6, 6.07) is 12.5. The molecule has 1 aliphatic heterocycles. The van der Waals surface area contributed by atoms with Crippen LogP contribution < -0.4 is 25.4 Å². The highest BCUT2D eigenvalue weighted by molar-refractivity contribution is 5.82. The van der Waals surface area contributed by atoms with E-state index in [1.54, 1.807) is 26.5 Å². The summed E-state index contributed by atoms with van der Waals surface area (Å²) in [6.45, 7) is 0.264. The third-order valence-electron chi connectivity index (χ3n) is 5.19. The van der Waals surface area contributed by atoms with E-state index in [9.17, 15) is 9.90 Å². The lowest BCUT2D eigenvalue weighted by molar-refractivity contribution is -0.124. The highest BCUT2D eigenvalue weighted by Gasteiger charge is 2.19. The second kappa shape index (κ2) is 9.63. The van der Waals surface area contributed by atoms with Crippen LogP contribution in [0.3, 0.4) is 0 Å². The van der Waals surface area contributed by atoms with Crippen LogP contribution in [0.1, 0.15) is 11.1 Å². The van der Waals surface area contributed by atoms with Crippen LogP contribution in [-0.2, 0) is 17.9 Å². The van der Waals surface area contributed by atoms with Crippen molar-refractivity contribution in [3.63, 3.8) is 0 Å². The SMILES string of the molecule is COc1cc2cc(c1OC)CNC(=O)[C@H](CO)NCc1cccc(c1)-c1ccnc(n1)N2. The third kappa shape index (κ3) is 4.63. The van der Waals surface area contributed by atoms with Gasteiger partial charge in [-0.05, 0) is 23.8 Å². The van der Waals surface area contributed by atoms with Gasteiger partial charge >= 0.3 is 0 Å². The molecule has 9 nitrogen and oxygen atoms in total. The van der Waals surface area contributed by atoms with Crippen LogP contribution in [0.2, 0.25) is 0 Å². The number of aliphatic hydroxyl groups excluding tert-OH is 1. The van der Waals surface area contributed by atoms with Gasteiger partial charge in [-0.2, -0.15) is 0 Å². The Bertz CT molecular complexity index is 1120. The first-order valence-corrected chi connectivity index (χ1v) is 10.2. The van der Waals surface area contributed by atoms with E-state index in [4.69, 9.17) is 9.47 Å². The van der Waals surface area contributed by atoms with Crippen molar-refractivity contribution in [3.05, 3.63) is 59.8 Å². The minimum Gasteiger partial charge on any atom is -0.493 e. The summed E-state index contributed by atoms with van der Waals surface area (Å²) in [4.78, 5) is 21.7. The maximum Gasteiger partial charge on any atom is 0.239 e. The molecule has 0 unspecified atom stereocenters. The van der Waals surface area contributed by atoms with Crippen molar-refractivity contribution in [1.82, 2.24) is 20.6 Å². The number of amides is 1. The van der Waals surface area contributed by atoms with Gasteiger partial charge in [0.1, 0.15) is 6.04 Å². The van der Waals surface area contributed by atoms with Crippen LogP contribution in [0.5, 0.6) is 11.5 Å². The third-order valence-corrected chi connectivity index (χ3v) is 5.19. The number of methoxy groups -OCH3 is 2. The van der Waals surface area contributed by atoms with Crippen molar-refractivity contribution in [2.75, 3.05) is 26.1 Å². The Kier molecular flexibility index (Phi) is 6.48. The summed E-state index contributed by atoms with van der Waals surface area (Å²) in [5.74, 6) is 1.13. The Morgan fingerprint density at radius 1 is 1.12 bits per heavy atom. The molecule has 0 fully saturated rings. The quantitative estimate of drug-likeness (QED) is 0.493. The lowest BCUT2D eigenvalue weighted by atomic mass is 10.1. The standard InChI is InChI=1S/C23H25N5O4/c1-31-20-10-17-9-16(21(20)32-2)12-26-22(30)19(13-29)25-11-14-4-3-5-15(8-14)18-6-7-24-23(27-17)28-18/h3-10,19,25,29H,11-13H2,1-2H3,(H,26,30)(H,24,27,28)/t19-/m0/s1. The summed E-state index contributed by atoms with van der Waals surface area (Å²) in [5, 5.41) is 18.9. The molecule has 4 rings (SSSR count). The molecule has 1 atom stereocenters. The molecule has 0 aliphatic carbocycles. The van der Waals surface area contributed by atoms with Gasteiger partial charge in [0.2, 0.25) is 11.9 Å². The van der Waals surface area contributed by atoms with Crippen LogP contribution in [-0.4, -0.2) is 47.8 Å². The Labute approximate surface area is 185 Å². The molecule has 3 aromatic rings. The molecule has 0 saturated heterocycles. The molecular formula is C23H25N5O4. The largest absolute Gasteiger partial charge is 0.493 e. The number of aliphatic hydroxyl groups is 1. The van der Waals surface area contributed by atoms with E-state index in [1.165, 1.54) is 0 Å². The second-order valence-electron chi connectivity index (χ2n) is 7.30. The molecule has 0 saturated carbocycles. The smallest absolute Gasteiger partial charge is 0.239 e. The number of nitrogens with zero attached hydrogens (tertiary/aromatic N) is 2. The number of hydrogen-bond acceptors (Lipinski definition) is 8. The zero-order chi connectivity index (χ0) is 22.5. The minimum atomic E-state index is -0.758. The maximum atomic E-state index is 12.7. The summed E-state index contributed by atoms with van der Waals surface area (Å²) in [7, 11) is 3.09. The molecule has 1 aliphatic rings. The van der Waals surface area contributed by atoms with Crippen molar-refractivity contribution in [1.29, 1.82) is 0 Å². The Hall–Kier alpha value is -3.69. The minimum absolute atomic E-state index is 0.183. The number of anilines is 2. The van der Waals surface area contributed by atoms with E-state index in [2.05, 4.69) is 25.9 Å². The first-order valence-electron chi connectivity index (χ1n) is 10.2. The Morgan fingerprint density at radius 3 is 2.78 bits per heavy atom. The molecule has 2 aromatic carbocycles. The molecule has 1 amide bonds. The van der Waals surface area contributed by atoms with Crippen LogP contribution >= 0.6 is 0 Å². The summed E-state index contributed by atoms with van der Waals surface area (Å²) in [5.41, 5.74) is 4.02. The summed E-state index contributed by atoms with van der Waals surface area (Å²) in [6.07, 6.45) is 1.70. The van der Waals surface area contributed by atoms with Gasteiger partial charge in [0.05, 0.1) is 26.5 Å². The normalized spacial score (nSPS) is 16.0. The van der Waals surface area contributed by atoms with Crippen LogP contribution in [0, 0.1) is 0 Å². The van der Waals surface area contributed by atoms with Crippen molar-refractivity contribution in [2.45, 2.75) is 19.1 Å². The van der Waals surface area contributed by atoms with Gasteiger partial charge in [-0.25, -0.2) is 9.97 Å². The number of carbonyl (C=O) groups is 1. The number of hydrogen-bond donors (Lipinski definition) is 4. The monoisotopic (exact) mass is 435 g/mol. The average molecular weight is 435 g/mol. The van der Waals surface area contributed by atoms with E-state index < -0.39 is 6.04 Å². The first-order chi connectivity index (χ1) is 15.6. The van der Waals surface area contributed by atoms with E-state index in [0.29, 0.717) is 35.2 Å². The zero-order valence-corrected chi connectivity index (χ0v) is 17.9. The highest BCUT2D eigenvalue weighted by atomic mass is 16.5. The number of nitrogens with one attached hydrogen (secondary N) is 3. The molecule has 1 aromatic heterocycles. The average Bonchev–Trinajstić information content (AvgIpc) is 2.82. The van der Waals surface area contributed by atoms with Gasteiger partial charge in [-0.3, -0.25) is 10.1 Å². The number of carbonyl (C=O) groups excluding carboxylic acids is 1. The van der Waals surface area contributed by atoms with Crippen molar-refractivity contribution >= 4 is 17.5 Å². The molecule has 9 heteroatoms. The van der Waals surface area contributed by atoms with Gasteiger partial charge in [0, 0.05) is 42.2 Å². The van der Waals surface area contributed by atoms with E-state index in [1.807, 2.05) is 36.4 Å². The number of ether oxygens (including phenoxy) is 2. The van der Waals surface area contributed by atoms with Gasteiger partial charge in [0.25, 0.3) is 0 Å². The molecule has 0 radical (unpaired) electrons. The van der Waals surface area contributed by atoms with E-state index >= 15 is 0 Å². The number of aromatic nitrogens is 2. The number of rotatable bonds is 3. The Morgan fingerprint density at radius 2 is 2.00 bits per heavy atom. The molecular weight excluding hydrogens is 410 g/mol. The van der Waals surface area contributed by atoms with E-state index in [-0.39, 0.29) is 19.1 Å². The second-order valence-corrected chi connectivity index (χ2v) is 7.30. The van der Waals surface area contributed by atoms with Crippen LogP contribution in [0.25, 0.3) is 11.3 Å². The predicted octanol–water partition coefficient (Wildman–Crippen LogP) is 1.98. The fraction of sp³-hybridized carbons (Fsp3) is 0.261. The highest BCUT2D eigenvalue weighted by Crippen LogP contribution is 2.35. The number of fused-ring (bicyclic) bond motifs is 7. The zero-order valence-electron chi connectivity index (χ0n) is 17.9. The first kappa shape index (κ1) is 21.5. The lowest BCUT2D eigenvalue weighted by Gasteiger charge is -2.19. The molecule has 166 valence electrons. The molecule has 32 heavy (non-hydrogen) atoms. The van der Waals surface area contributed by atoms with Gasteiger partial charge in [0.15, 0.2) is 11.5 Å². The van der Waals surface area contributed by atoms with Gasteiger partial charge in [-0.15, -0.1) is 0 Å². The molecule has 4 N–H and O–H groups in total. The summed E-state index contributed by atoms with van der Waals surface area (Å²) >= 11 is 0. The van der Waals surface area contributed by atoms with Crippen molar-refractivity contribution in [2.24, 2.45) is 0 Å². The predicted molar refractivity (Wildman–Crippen MR) is 120 cm³/mol. The van der Waals surface area contributed by atoms with Gasteiger partial charge < -0.3 is 25.2 Å². The topological polar surface area (TPSA) is 118 Å². The lowest BCUT2D eigenvalue weighted by Crippen LogP contribution is -2.46. The van der Waals surface area contributed by atoms with E-state index in [0.717, 1.165) is 16.8 Å². The fourth-order valence-corrected chi connectivity index (χ4v) is 3.58. The number of benzene rings is 2. The van der Waals surface area contributed by atoms with Crippen molar-refractivity contribution in [3.8, 4) is 22.8 Å². The van der Waals surface area contributed by atoms with Crippen LogP contribution in [0.15, 0.2) is 48.7 Å². The fourth-order valence-electron chi connectivity index (χ4n) is 3.58. The van der Waals surface area contributed by atoms with Crippen LogP contribution in [0.4, 0.5) is 11.6 Å². The summed E-state index contributed by atoms with van der Waals surface area (Å²) < 4.78 is 11.0. The molecule has 6 bridgehead atoms.